The molecule has 0 fully saturated rings. The zero-order valence-corrected chi connectivity index (χ0v) is 4.07. The maximum Gasteiger partial charge on any atom is 0.183 e. The van der Waals surface area contributed by atoms with E-state index < -0.39 is 0 Å². The summed E-state index contributed by atoms with van der Waals surface area (Å²) >= 11 is 0. The topological polar surface area (TPSA) is 37.1 Å². The van der Waals surface area contributed by atoms with Crippen LogP contribution in [0.4, 0.5) is 0 Å². The summed E-state index contributed by atoms with van der Waals surface area (Å²) < 4.78 is 0. The van der Waals surface area contributed by atoms with Crippen molar-refractivity contribution in [2.24, 2.45) is 15.2 Å². The van der Waals surface area contributed by atoms with Crippen molar-refractivity contribution in [1.82, 2.24) is 0 Å². The SMILES string of the molecule is C1=NN=C2N=CC=C12. The molecule has 0 N–H and O–H groups in total. The summed E-state index contributed by atoms with van der Waals surface area (Å²) in [4.78, 5) is 3.91. The van der Waals surface area contributed by atoms with E-state index in [4.69, 9.17) is 0 Å². The van der Waals surface area contributed by atoms with E-state index in [1.165, 1.54) is 0 Å². The molecule has 3 nitrogen and oxygen atoms in total. The first-order valence-electron chi connectivity index (χ1n) is 2.32. The molecule has 0 aromatic heterocycles. The molecular weight excluding hydrogens is 102 g/mol. The number of amidine groups is 1. The van der Waals surface area contributed by atoms with Gasteiger partial charge in [-0.1, -0.05) is 0 Å². The Morgan fingerprint density at radius 1 is 1.38 bits per heavy atom. The second-order valence-electron chi connectivity index (χ2n) is 1.57. The van der Waals surface area contributed by atoms with Crippen LogP contribution < -0.4 is 0 Å². The Bertz CT molecular complexity index is 206. The number of aliphatic imine (C=N–C) groups is 1. The van der Waals surface area contributed by atoms with Crippen molar-refractivity contribution in [3.63, 3.8) is 0 Å². The van der Waals surface area contributed by atoms with Crippen LogP contribution in [-0.2, 0) is 0 Å². The minimum absolute atomic E-state index is 0.741. The van der Waals surface area contributed by atoms with Gasteiger partial charge < -0.3 is 0 Å². The maximum absolute atomic E-state index is 3.91. The molecule has 2 heterocycles. The third-order valence-electron chi connectivity index (χ3n) is 1.06. The predicted molar refractivity (Wildman–Crippen MR) is 32.5 cm³/mol. The highest BCUT2D eigenvalue weighted by atomic mass is 15.3. The van der Waals surface area contributed by atoms with Crippen LogP contribution in [0.3, 0.4) is 0 Å². The molecule has 0 bridgehead atoms. The normalized spacial score (nSPS) is 21.0. The van der Waals surface area contributed by atoms with Crippen molar-refractivity contribution >= 4 is 18.3 Å². The zero-order chi connectivity index (χ0) is 5.40. The second kappa shape index (κ2) is 1.12. The van der Waals surface area contributed by atoms with E-state index in [1.807, 2.05) is 6.08 Å². The summed E-state index contributed by atoms with van der Waals surface area (Å²) in [5, 5.41) is 7.37. The number of hydrogen-bond acceptors (Lipinski definition) is 3. The van der Waals surface area contributed by atoms with Gasteiger partial charge in [0, 0.05) is 11.8 Å². The van der Waals surface area contributed by atoms with Gasteiger partial charge in [0.15, 0.2) is 5.84 Å². The Kier molecular flexibility index (Phi) is 0.521. The van der Waals surface area contributed by atoms with Crippen LogP contribution >= 0.6 is 0 Å². The van der Waals surface area contributed by atoms with E-state index >= 15 is 0 Å². The van der Waals surface area contributed by atoms with Crippen LogP contribution in [-0.4, -0.2) is 18.3 Å². The first kappa shape index (κ1) is 3.72. The van der Waals surface area contributed by atoms with Crippen molar-refractivity contribution in [2.45, 2.75) is 0 Å². The highest BCUT2D eigenvalue weighted by molar-refractivity contribution is 6.25. The van der Waals surface area contributed by atoms with Gasteiger partial charge in [0.2, 0.25) is 0 Å². The summed E-state index contributed by atoms with van der Waals surface area (Å²) in [5.41, 5.74) is 1.02. The minimum Gasteiger partial charge on any atom is -0.235 e. The monoisotopic (exact) mass is 105 g/mol. The Hall–Kier alpha value is -1.25. The molecule has 0 unspecified atom stereocenters. The molecule has 0 amide bonds. The zero-order valence-electron chi connectivity index (χ0n) is 4.07. The van der Waals surface area contributed by atoms with Gasteiger partial charge >= 0.3 is 0 Å². The molecule has 8 heavy (non-hydrogen) atoms. The average Bonchev–Trinajstić information content (AvgIpc) is 2.15. The van der Waals surface area contributed by atoms with Crippen LogP contribution in [0.5, 0.6) is 0 Å². The lowest BCUT2D eigenvalue weighted by molar-refractivity contribution is 1.27. The summed E-state index contributed by atoms with van der Waals surface area (Å²) in [6, 6.07) is 0. The van der Waals surface area contributed by atoms with Crippen molar-refractivity contribution in [1.29, 1.82) is 0 Å². The Labute approximate surface area is 46.2 Å². The third-order valence-corrected chi connectivity index (χ3v) is 1.06. The Morgan fingerprint density at radius 2 is 2.38 bits per heavy atom. The second-order valence-corrected chi connectivity index (χ2v) is 1.57. The minimum atomic E-state index is 0.741. The largest absolute Gasteiger partial charge is 0.235 e. The van der Waals surface area contributed by atoms with Gasteiger partial charge in [-0.15, -0.1) is 5.10 Å². The van der Waals surface area contributed by atoms with Gasteiger partial charge in [0.05, 0.1) is 6.21 Å². The number of fused-ring (bicyclic) bond motifs is 1. The molecule has 0 aromatic carbocycles. The molecule has 2 aliphatic rings. The first-order valence-corrected chi connectivity index (χ1v) is 2.32. The lowest BCUT2D eigenvalue weighted by Gasteiger charge is -1.78. The summed E-state index contributed by atoms with van der Waals surface area (Å²) in [6.07, 6.45) is 5.30. The lowest BCUT2D eigenvalue weighted by Crippen LogP contribution is -1.87. The highest BCUT2D eigenvalue weighted by Crippen LogP contribution is 2.07. The van der Waals surface area contributed by atoms with Crippen molar-refractivity contribution in [3.8, 4) is 0 Å². The van der Waals surface area contributed by atoms with Crippen LogP contribution in [0, 0.1) is 0 Å². The molecule has 0 spiro atoms. The summed E-state index contributed by atoms with van der Waals surface area (Å²) in [7, 11) is 0. The number of allylic oxidation sites excluding steroid dienone is 1. The number of rotatable bonds is 0. The molecule has 38 valence electrons. The fourth-order valence-corrected chi connectivity index (χ4v) is 0.667. The molecule has 0 atom stereocenters. The fourth-order valence-electron chi connectivity index (χ4n) is 0.667. The predicted octanol–water partition coefficient (Wildman–Crippen LogP) is 0.395. The molecule has 3 heteroatoms. The molecule has 0 saturated heterocycles. The van der Waals surface area contributed by atoms with E-state index in [9.17, 15) is 0 Å². The molecule has 0 saturated carbocycles. The molecule has 0 aromatic rings. The summed E-state index contributed by atoms with van der Waals surface area (Å²) in [6.45, 7) is 0. The molecule has 2 aliphatic heterocycles. The van der Waals surface area contributed by atoms with Crippen molar-refractivity contribution in [3.05, 3.63) is 11.6 Å². The molecule has 0 radical (unpaired) electrons. The highest BCUT2D eigenvalue weighted by Gasteiger charge is 2.10. The average molecular weight is 105 g/mol. The standard InChI is InChI=1S/C5H3N3/c1-2-6-5-4(1)3-7-8-5/h1-3H. The fraction of sp³-hybridized carbons (Fsp3) is 0. The van der Waals surface area contributed by atoms with Gasteiger partial charge in [-0.3, -0.25) is 0 Å². The van der Waals surface area contributed by atoms with E-state index in [0.29, 0.717) is 0 Å². The number of hydrogen-bond donors (Lipinski definition) is 0. The van der Waals surface area contributed by atoms with Crippen molar-refractivity contribution < 1.29 is 0 Å². The van der Waals surface area contributed by atoms with E-state index in [1.54, 1.807) is 12.4 Å². The Morgan fingerprint density at radius 3 is 3.25 bits per heavy atom. The van der Waals surface area contributed by atoms with Gasteiger partial charge in [-0.25, -0.2) is 4.99 Å². The van der Waals surface area contributed by atoms with Crippen LogP contribution in [0.25, 0.3) is 0 Å². The molecule has 2 rings (SSSR count). The lowest BCUT2D eigenvalue weighted by atomic mass is 10.3. The molecular formula is C5H3N3. The van der Waals surface area contributed by atoms with E-state index in [0.717, 1.165) is 11.4 Å². The van der Waals surface area contributed by atoms with Crippen LogP contribution in [0.2, 0.25) is 0 Å². The number of nitrogens with zero attached hydrogens (tertiary/aromatic N) is 3. The van der Waals surface area contributed by atoms with Gasteiger partial charge in [-0.2, -0.15) is 5.10 Å². The smallest absolute Gasteiger partial charge is 0.183 e. The summed E-state index contributed by atoms with van der Waals surface area (Å²) in [5.74, 6) is 0.741. The quantitative estimate of drug-likeness (QED) is 0.427. The van der Waals surface area contributed by atoms with Crippen LogP contribution in [0.1, 0.15) is 0 Å². The first-order chi connectivity index (χ1) is 3.97. The van der Waals surface area contributed by atoms with Crippen LogP contribution in [0.15, 0.2) is 26.8 Å². The maximum atomic E-state index is 3.91. The van der Waals surface area contributed by atoms with Crippen molar-refractivity contribution in [2.75, 3.05) is 0 Å². The van der Waals surface area contributed by atoms with E-state index in [2.05, 4.69) is 15.2 Å². The van der Waals surface area contributed by atoms with Gasteiger partial charge in [-0.05, 0) is 6.08 Å². The van der Waals surface area contributed by atoms with Gasteiger partial charge in [0.1, 0.15) is 0 Å². The van der Waals surface area contributed by atoms with Gasteiger partial charge in [0.25, 0.3) is 0 Å². The Balaban J connectivity index is 2.59. The molecule has 0 aliphatic carbocycles. The van der Waals surface area contributed by atoms with E-state index in [-0.39, 0.29) is 0 Å². The third kappa shape index (κ3) is 0.307.